The molecule has 0 spiro atoms. The van der Waals surface area contributed by atoms with Gasteiger partial charge in [0.25, 0.3) is 5.69 Å². The second-order valence-electron chi connectivity index (χ2n) is 5.38. The minimum Gasteiger partial charge on any atom is -0.381 e. The fourth-order valence-electron chi connectivity index (χ4n) is 2.27. The second-order valence-corrected chi connectivity index (χ2v) is 5.38. The maximum absolute atomic E-state index is 11.2. The van der Waals surface area contributed by atoms with E-state index >= 15 is 0 Å². The molecule has 0 radical (unpaired) electrons. The van der Waals surface area contributed by atoms with Crippen molar-refractivity contribution in [1.82, 2.24) is 0 Å². The molecule has 0 aliphatic rings. The van der Waals surface area contributed by atoms with Gasteiger partial charge in [-0.3, -0.25) is 10.1 Å². The average molecular weight is 299 g/mol. The van der Waals surface area contributed by atoms with Crippen molar-refractivity contribution in [3.05, 3.63) is 63.7 Å². The summed E-state index contributed by atoms with van der Waals surface area (Å²) >= 11 is 0. The number of rotatable bonds is 6. The van der Waals surface area contributed by atoms with Crippen LogP contribution < -0.4 is 10.2 Å². The highest BCUT2D eigenvalue weighted by Gasteiger charge is 2.15. The summed E-state index contributed by atoms with van der Waals surface area (Å²) in [5.74, 6) is 0. The van der Waals surface area contributed by atoms with E-state index in [0.717, 1.165) is 17.7 Å². The summed E-state index contributed by atoms with van der Waals surface area (Å²) in [6.07, 6.45) is 1.01. The highest BCUT2D eigenvalue weighted by molar-refractivity contribution is 5.63. The first kappa shape index (κ1) is 15.8. The minimum absolute atomic E-state index is 0.130. The number of hydrogen-bond acceptors (Lipinski definition) is 4. The number of nitrogens with one attached hydrogen (secondary N) is 1. The third-order valence-corrected chi connectivity index (χ3v) is 3.58. The summed E-state index contributed by atoms with van der Waals surface area (Å²) < 4.78 is 0. The molecule has 0 aromatic heterocycles. The Bertz CT molecular complexity index is 651. The predicted molar refractivity (Wildman–Crippen MR) is 90.6 cm³/mol. The van der Waals surface area contributed by atoms with E-state index in [1.54, 1.807) is 31.1 Å². The van der Waals surface area contributed by atoms with Crippen molar-refractivity contribution in [2.45, 2.75) is 19.9 Å². The molecule has 0 aliphatic heterocycles. The summed E-state index contributed by atoms with van der Waals surface area (Å²) in [5.41, 5.74) is 3.93. The molecule has 0 bridgehead atoms. The lowest BCUT2D eigenvalue weighted by Crippen LogP contribution is -2.11. The number of nitrogens with zero attached hydrogens (tertiary/aromatic N) is 2. The molecule has 0 aliphatic carbocycles. The van der Waals surface area contributed by atoms with Gasteiger partial charge >= 0.3 is 0 Å². The Morgan fingerprint density at radius 2 is 1.73 bits per heavy atom. The summed E-state index contributed by atoms with van der Waals surface area (Å²) in [6, 6.07) is 13.6. The van der Waals surface area contributed by atoms with E-state index in [0.29, 0.717) is 12.2 Å². The van der Waals surface area contributed by atoms with E-state index < -0.39 is 0 Å². The van der Waals surface area contributed by atoms with E-state index in [4.69, 9.17) is 0 Å². The van der Waals surface area contributed by atoms with Crippen LogP contribution in [-0.4, -0.2) is 19.0 Å². The van der Waals surface area contributed by atoms with Crippen LogP contribution in [0, 0.1) is 10.1 Å². The van der Waals surface area contributed by atoms with Gasteiger partial charge in [0.2, 0.25) is 0 Å². The highest BCUT2D eigenvalue weighted by Crippen LogP contribution is 2.28. The van der Waals surface area contributed by atoms with Crippen LogP contribution in [0.4, 0.5) is 17.1 Å². The molecule has 1 N–H and O–H groups in total. The second kappa shape index (κ2) is 6.93. The Kier molecular flexibility index (Phi) is 4.99. The number of hydrogen-bond donors (Lipinski definition) is 1. The first-order valence-corrected chi connectivity index (χ1v) is 7.28. The van der Waals surface area contributed by atoms with Gasteiger partial charge in [-0.1, -0.05) is 25.1 Å². The predicted octanol–water partition coefficient (Wildman–Crippen LogP) is 3.84. The largest absolute Gasteiger partial charge is 0.381 e. The lowest BCUT2D eigenvalue weighted by molar-refractivity contribution is -0.384. The fraction of sp³-hybridized carbons (Fsp3) is 0.294. The molecule has 2 rings (SSSR count). The van der Waals surface area contributed by atoms with Crippen molar-refractivity contribution in [2.24, 2.45) is 0 Å². The van der Waals surface area contributed by atoms with Crippen LogP contribution in [0.15, 0.2) is 42.5 Å². The SMILES string of the molecule is CCc1ccc(NCc2ccc(N(C)C)c([N+](=O)[O-])c2)cc1. The van der Waals surface area contributed by atoms with Gasteiger partial charge in [0, 0.05) is 32.4 Å². The van der Waals surface area contributed by atoms with Crippen LogP contribution in [0.25, 0.3) is 0 Å². The summed E-state index contributed by atoms with van der Waals surface area (Å²) in [5, 5.41) is 14.5. The fourth-order valence-corrected chi connectivity index (χ4v) is 2.27. The summed E-state index contributed by atoms with van der Waals surface area (Å²) in [7, 11) is 3.60. The summed E-state index contributed by atoms with van der Waals surface area (Å²) in [6.45, 7) is 2.67. The molecular weight excluding hydrogens is 278 g/mol. The molecule has 0 fully saturated rings. The van der Waals surface area contributed by atoms with E-state index in [1.807, 2.05) is 18.2 Å². The van der Waals surface area contributed by atoms with Crippen molar-refractivity contribution in [2.75, 3.05) is 24.3 Å². The van der Waals surface area contributed by atoms with Crippen LogP contribution in [0.3, 0.4) is 0 Å². The van der Waals surface area contributed by atoms with E-state index in [2.05, 4.69) is 24.4 Å². The van der Waals surface area contributed by atoms with Gasteiger partial charge in [0.1, 0.15) is 5.69 Å². The van der Waals surface area contributed by atoms with Gasteiger partial charge in [-0.2, -0.15) is 0 Å². The lowest BCUT2D eigenvalue weighted by Gasteiger charge is -2.14. The van der Waals surface area contributed by atoms with Gasteiger partial charge in [0.05, 0.1) is 4.92 Å². The normalized spacial score (nSPS) is 10.3. The molecule has 0 heterocycles. The number of nitro benzene ring substituents is 1. The zero-order valence-corrected chi connectivity index (χ0v) is 13.2. The quantitative estimate of drug-likeness (QED) is 0.650. The van der Waals surface area contributed by atoms with Gasteiger partial charge in [0.15, 0.2) is 0 Å². The number of benzene rings is 2. The van der Waals surface area contributed by atoms with E-state index in [9.17, 15) is 10.1 Å². The number of anilines is 2. The van der Waals surface area contributed by atoms with Gasteiger partial charge in [-0.05, 0) is 35.7 Å². The molecule has 0 atom stereocenters. The molecular formula is C17H21N3O2. The highest BCUT2D eigenvalue weighted by atomic mass is 16.6. The Morgan fingerprint density at radius 1 is 1.09 bits per heavy atom. The smallest absolute Gasteiger partial charge is 0.292 e. The third-order valence-electron chi connectivity index (χ3n) is 3.58. The molecule has 2 aromatic rings. The van der Waals surface area contributed by atoms with Crippen LogP contribution in [0.2, 0.25) is 0 Å². The topological polar surface area (TPSA) is 58.4 Å². The van der Waals surface area contributed by atoms with Crippen LogP contribution in [-0.2, 0) is 13.0 Å². The average Bonchev–Trinajstić information content (AvgIpc) is 2.53. The maximum atomic E-state index is 11.2. The van der Waals surface area contributed by atoms with Crippen LogP contribution in [0.1, 0.15) is 18.1 Å². The molecule has 0 amide bonds. The standard InChI is InChI=1S/C17H21N3O2/c1-4-13-5-8-15(9-6-13)18-12-14-7-10-16(19(2)3)17(11-14)20(21)22/h5-11,18H,4,12H2,1-3H3. The van der Waals surface area contributed by atoms with Crippen LogP contribution >= 0.6 is 0 Å². The molecule has 0 saturated carbocycles. The first-order chi connectivity index (χ1) is 10.5. The molecule has 0 saturated heterocycles. The van der Waals surface area contributed by atoms with Gasteiger partial charge < -0.3 is 10.2 Å². The Hall–Kier alpha value is -2.56. The number of aryl methyl sites for hydroxylation is 1. The zero-order chi connectivity index (χ0) is 16.1. The van der Waals surface area contributed by atoms with Crippen molar-refractivity contribution in [3.63, 3.8) is 0 Å². The molecule has 0 unspecified atom stereocenters. The van der Waals surface area contributed by atoms with E-state index in [1.165, 1.54) is 5.56 Å². The monoisotopic (exact) mass is 299 g/mol. The minimum atomic E-state index is -0.338. The molecule has 22 heavy (non-hydrogen) atoms. The van der Waals surface area contributed by atoms with Crippen LogP contribution in [0.5, 0.6) is 0 Å². The molecule has 2 aromatic carbocycles. The Balaban J connectivity index is 2.12. The lowest BCUT2D eigenvalue weighted by atomic mass is 10.1. The van der Waals surface area contributed by atoms with Crippen molar-refractivity contribution >= 4 is 17.1 Å². The Morgan fingerprint density at radius 3 is 2.27 bits per heavy atom. The van der Waals surface area contributed by atoms with Gasteiger partial charge in [-0.25, -0.2) is 0 Å². The Labute approximate surface area is 130 Å². The summed E-state index contributed by atoms with van der Waals surface area (Å²) in [4.78, 5) is 12.6. The molecule has 5 nitrogen and oxygen atoms in total. The van der Waals surface area contributed by atoms with Crippen molar-refractivity contribution in [3.8, 4) is 0 Å². The van der Waals surface area contributed by atoms with Crippen molar-refractivity contribution in [1.29, 1.82) is 0 Å². The van der Waals surface area contributed by atoms with Crippen molar-refractivity contribution < 1.29 is 4.92 Å². The molecule has 5 heteroatoms. The first-order valence-electron chi connectivity index (χ1n) is 7.28. The number of nitro groups is 1. The maximum Gasteiger partial charge on any atom is 0.292 e. The molecule has 116 valence electrons. The zero-order valence-electron chi connectivity index (χ0n) is 13.2. The van der Waals surface area contributed by atoms with Gasteiger partial charge in [-0.15, -0.1) is 0 Å². The third kappa shape index (κ3) is 3.75. The van der Waals surface area contributed by atoms with E-state index in [-0.39, 0.29) is 10.6 Å².